The molecule has 0 aliphatic carbocycles. The van der Waals surface area contributed by atoms with Gasteiger partial charge in [0.15, 0.2) is 0 Å². The van der Waals surface area contributed by atoms with E-state index in [0.29, 0.717) is 11.9 Å². The third-order valence-electron chi connectivity index (χ3n) is 0.822. The predicted octanol–water partition coefficient (Wildman–Crippen LogP) is 2.17. The fourth-order valence-electron chi connectivity index (χ4n) is 0.486. The number of aldehydes is 1. The van der Waals surface area contributed by atoms with Crippen molar-refractivity contribution in [3.05, 3.63) is 36.2 Å². The Morgan fingerprint density at radius 3 is 2.60 bits per heavy atom. The molecule has 0 aliphatic rings. The van der Waals surface area contributed by atoms with Crippen molar-refractivity contribution >= 4 is 6.29 Å². The van der Waals surface area contributed by atoms with Crippen molar-refractivity contribution < 1.29 is 9.18 Å². The number of carbonyl (C=O) groups is 1. The van der Waals surface area contributed by atoms with Crippen LogP contribution in [-0.4, -0.2) is 6.29 Å². The average molecular weight is 140 g/mol. The summed E-state index contributed by atoms with van der Waals surface area (Å²) in [7, 11) is 0. The van der Waals surface area contributed by atoms with Crippen molar-refractivity contribution in [1.29, 1.82) is 0 Å². The second kappa shape index (κ2) is 4.68. The lowest BCUT2D eigenvalue weighted by Crippen LogP contribution is -1.69. The van der Waals surface area contributed by atoms with E-state index in [1.165, 1.54) is 18.2 Å². The summed E-state index contributed by atoms with van der Waals surface area (Å²) in [6.07, 6.45) is 4.70. The molecule has 0 aliphatic heterocycles. The first kappa shape index (κ1) is 8.82. The fourth-order valence-corrected chi connectivity index (χ4v) is 0.486. The number of hydrogen-bond acceptors (Lipinski definition) is 1. The lowest BCUT2D eigenvalue weighted by atomic mass is 10.2. The topological polar surface area (TPSA) is 17.1 Å². The van der Waals surface area contributed by atoms with Crippen LogP contribution in [0.4, 0.5) is 4.39 Å². The Kier molecular flexibility index (Phi) is 4.12. The highest BCUT2D eigenvalue weighted by Gasteiger charge is 1.82. The summed E-state index contributed by atoms with van der Waals surface area (Å²) >= 11 is 0. The summed E-state index contributed by atoms with van der Waals surface area (Å²) in [5.41, 5.74) is 0.666. The fraction of sp³-hybridized carbons (Fsp3) is 0.125. The molecule has 0 aromatic heterocycles. The summed E-state index contributed by atoms with van der Waals surface area (Å²) in [6.45, 7) is 4.72. The van der Waals surface area contributed by atoms with Crippen molar-refractivity contribution in [2.45, 2.75) is 6.92 Å². The molecule has 10 heavy (non-hydrogen) atoms. The Hall–Kier alpha value is -1.18. The zero-order chi connectivity index (χ0) is 7.98. The summed E-state index contributed by atoms with van der Waals surface area (Å²) < 4.78 is 12.0. The minimum Gasteiger partial charge on any atom is -0.299 e. The number of carbonyl (C=O) groups excluding carboxylic acids is 1. The van der Waals surface area contributed by atoms with E-state index >= 15 is 0 Å². The van der Waals surface area contributed by atoms with Crippen molar-refractivity contribution in [3.8, 4) is 0 Å². The molecular weight excluding hydrogens is 131 g/mol. The molecule has 0 spiro atoms. The molecule has 0 amide bonds. The van der Waals surface area contributed by atoms with Gasteiger partial charge in [-0.1, -0.05) is 12.7 Å². The quantitative estimate of drug-likeness (QED) is 0.333. The maximum atomic E-state index is 12.0. The number of halogens is 1. The van der Waals surface area contributed by atoms with Gasteiger partial charge in [-0.05, 0) is 24.6 Å². The first-order chi connectivity index (χ1) is 4.66. The molecule has 0 bridgehead atoms. The Balaban J connectivity index is 4.06. The van der Waals surface area contributed by atoms with E-state index in [-0.39, 0.29) is 0 Å². The monoisotopic (exact) mass is 140 g/mol. The van der Waals surface area contributed by atoms with Gasteiger partial charge in [-0.3, -0.25) is 4.79 Å². The summed E-state index contributed by atoms with van der Waals surface area (Å²) in [6, 6.07) is 0. The molecule has 0 heterocycles. The molecule has 0 rings (SSSR count). The number of rotatable bonds is 3. The zero-order valence-corrected chi connectivity index (χ0v) is 5.80. The van der Waals surface area contributed by atoms with E-state index in [0.717, 1.165) is 0 Å². The average Bonchev–Trinajstić information content (AvgIpc) is 1.82. The highest BCUT2D eigenvalue weighted by Crippen LogP contribution is 2.01. The van der Waals surface area contributed by atoms with Gasteiger partial charge in [0.25, 0.3) is 0 Å². The van der Waals surface area contributed by atoms with Gasteiger partial charge >= 0.3 is 0 Å². The normalized spacial score (nSPS) is 12.0. The van der Waals surface area contributed by atoms with Gasteiger partial charge in [-0.2, -0.15) is 0 Å². The lowest BCUT2D eigenvalue weighted by Gasteiger charge is -1.86. The van der Waals surface area contributed by atoms with Crippen LogP contribution < -0.4 is 0 Å². The Morgan fingerprint density at radius 2 is 2.20 bits per heavy atom. The lowest BCUT2D eigenvalue weighted by molar-refractivity contribution is -0.104. The van der Waals surface area contributed by atoms with E-state index < -0.39 is 5.83 Å². The minimum absolute atomic E-state index is 0.506. The molecule has 0 saturated heterocycles. The zero-order valence-electron chi connectivity index (χ0n) is 5.80. The predicted molar refractivity (Wildman–Crippen MR) is 39.2 cm³/mol. The van der Waals surface area contributed by atoms with Crippen molar-refractivity contribution in [1.82, 2.24) is 0 Å². The smallest absolute Gasteiger partial charge is 0.142 e. The maximum absolute atomic E-state index is 12.0. The van der Waals surface area contributed by atoms with Crippen molar-refractivity contribution in [3.63, 3.8) is 0 Å². The highest BCUT2D eigenvalue weighted by atomic mass is 19.1. The molecule has 1 nitrogen and oxygen atoms in total. The third kappa shape index (κ3) is 4.97. The standard InChI is InChI=1S/C8H9FO/c1-7(4-3-5-10)6-8(2)9/h3-6H,2H2,1H3/b4-3+,7-6+. The van der Waals surface area contributed by atoms with Gasteiger partial charge in [0.1, 0.15) is 12.1 Å². The maximum Gasteiger partial charge on any atom is 0.142 e. The second-order valence-corrected chi connectivity index (χ2v) is 1.83. The van der Waals surface area contributed by atoms with Gasteiger partial charge in [-0.25, -0.2) is 4.39 Å². The molecular formula is C8H9FO. The highest BCUT2D eigenvalue weighted by molar-refractivity contribution is 5.65. The number of hydrogen-bond donors (Lipinski definition) is 0. The van der Waals surface area contributed by atoms with Gasteiger partial charge in [0.2, 0.25) is 0 Å². The Bertz CT molecular complexity index is 189. The van der Waals surface area contributed by atoms with Crippen LogP contribution in [0.3, 0.4) is 0 Å². The van der Waals surface area contributed by atoms with Crippen molar-refractivity contribution in [2.75, 3.05) is 0 Å². The third-order valence-corrected chi connectivity index (χ3v) is 0.822. The molecule has 0 saturated carbocycles. The van der Waals surface area contributed by atoms with Crippen molar-refractivity contribution in [2.24, 2.45) is 0 Å². The molecule has 0 aromatic rings. The first-order valence-electron chi connectivity index (χ1n) is 2.81. The number of allylic oxidation sites excluding steroid dienone is 5. The second-order valence-electron chi connectivity index (χ2n) is 1.83. The van der Waals surface area contributed by atoms with Crippen LogP contribution in [0.5, 0.6) is 0 Å². The van der Waals surface area contributed by atoms with E-state index in [1.54, 1.807) is 6.92 Å². The van der Waals surface area contributed by atoms with E-state index in [1.807, 2.05) is 0 Å². The molecule has 0 atom stereocenters. The van der Waals surface area contributed by atoms with Crippen LogP contribution >= 0.6 is 0 Å². The Morgan fingerprint density at radius 1 is 1.60 bits per heavy atom. The van der Waals surface area contributed by atoms with E-state index in [4.69, 9.17) is 0 Å². The van der Waals surface area contributed by atoms with Gasteiger partial charge in [-0.15, -0.1) is 0 Å². The van der Waals surface area contributed by atoms with Crippen LogP contribution in [0.15, 0.2) is 36.2 Å². The summed E-state index contributed by atoms with van der Waals surface area (Å²) in [5.74, 6) is -0.506. The molecule has 0 radical (unpaired) electrons. The Labute approximate surface area is 59.6 Å². The molecule has 54 valence electrons. The summed E-state index contributed by atoms with van der Waals surface area (Å²) in [4.78, 5) is 9.76. The molecule has 0 unspecified atom stereocenters. The largest absolute Gasteiger partial charge is 0.299 e. The SMILES string of the molecule is C=C(F)/C=C(C)/C=C/C=O. The van der Waals surface area contributed by atoms with Crippen LogP contribution in [0.2, 0.25) is 0 Å². The minimum atomic E-state index is -0.506. The van der Waals surface area contributed by atoms with Crippen LogP contribution in [0, 0.1) is 0 Å². The van der Waals surface area contributed by atoms with Gasteiger partial charge in [0.05, 0.1) is 0 Å². The van der Waals surface area contributed by atoms with Crippen LogP contribution in [0.25, 0.3) is 0 Å². The first-order valence-corrected chi connectivity index (χ1v) is 2.81. The molecule has 0 fully saturated rings. The van der Waals surface area contributed by atoms with Crippen LogP contribution in [-0.2, 0) is 4.79 Å². The van der Waals surface area contributed by atoms with Gasteiger partial charge < -0.3 is 0 Å². The molecule has 0 N–H and O–H groups in total. The summed E-state index contributed by atoms with van der Waals surface area (Å²) in [5, 5.41) is 0. The van der Waals surface area contributed by atoms with Crippen LogP contribution in [0.1, 0.15) is 6.92 Å². The van der Waals surface area contributed by atoms with E-state index in [9.17, 15) is 9.18 Å². The molecule has 0 aromatic carbocycles. The van der Waals surface area contributed by atoms with Gasteiger partial charge in [0, 0.05) is 0 Å². The van der Waals surface area contributed by atoms with E-state index in [2.05, 4.69) is 6.58 Å². The molecule has 2 heteroatoms.